The first-order valence-corrected chi connectivity index (χ1v) is 7.81. The number of halogens is 1. The van der Waals surface area contributed by atoms with Crippen molar-refractivity contribution in [3.8, 4) is 22.8 Å². The Morgan fingerprint density at radius 1 is 1.09 bits per heavy atom. The van der Waals surface area contributed by atoms with Crippen LogP contribution in [0.15, 0.2) is 48.5 Å². The van der Waals surface area contributed by atoms with Crippen molar-refractivity contribution in [2.75, 3.05) is 6.79 Å². The molecule has 0 N–H and O–H groups in total. The molecule has 1 aliphatic rings. The normalized spacial score (nSPS) is 12.6. The molecular weight excluding hydrogens is 310 g/mol. The average molecular weight is 325 g/mol. The van der Waals surface area contributed by atoms with Gasteiger partial charge < -0.3 is 14.0 Å². The zero-order chi connectivity index (χ0) is 15.8. The Morgan fingerprint density at radius 2 is 1.87 bits per heavy atom. The van der Waals surface area contributed by atoms with Crippen LogP contribution in [0.4, 0.5) is 0 Å². The summed E-state index contributed by atoms with van der Waals surface area (Å²) in [5.74, 6) is 1.62. The molecule has 0 bridgehead atoms. The lowest BCUT2D eigenvalue weighted by molar-refractivity contribution is 0.174. The van der Waals surface area contributed by atoms with Crippen molar-refractivity contribution in [2.24, 2.45) is 0 Å². The summed E-state index contributed by atoms with van der Waals surface area (Å²) in [6, 6.07) is 19.3. The number of fused-ring (bicyclic) bond motifs is 1. The van der Waals surface area contributed by atoms with Crippen molar-refractivity contribution >= 4 is 11.6 Å². The summed E-state index contributed by atoms with van der Waals surface area (Å²) in [6.45, 7) is 3.11. The number of benzene rings is 2. The highest BCUT2D eigenvalue weighted by molar-refractivity contribution is 6.30. The van der Waals surface area contributed by atoms with Gasteiger partial charge in [0.25, 0.3) is 0 Å². The molecule has 4 heteroatoms. The maximum Gasteiger partial charge on any atom is 0.231 e. The summed E-state index contributed by atoms with van der Waals surface area (Å²) >= 11 is 5.99. The van der Waals surface area contributed by atoms with E-state index in [1.54, 1.807) is 0 Å². The summed E-state index contributed by atoms with van der Waals surface area (Å²) in [6.07, 6.45) is 0. The van der Waals surface area contributed by atoms with Gasteiger partial charge in [0, 0.05) is 29.0 Å². The number of hydrogen-bond acceptors (Lipinski definition) is 2. The van der Waals surface area contributed by atoms with Crippen LogP contribution in [0.1, 0.15) is 11.3 Å². The van der Waals surface area contributed by atoms with Gasteiger partial charge in [-0.3, -0.25) is 0 Å². The third-order valence-electron chi connectivity index (χ3n) is 4.03. The maximum atomic E-state index is 5.99. The quantitative estimate of drug-likeness (QED) is 0.697. The number of aromatic nitrogens is 1. The van der Waals surface area contributed by atoms with Crippen LogP contribution in [0.5, 0.6) is 11.5 Å². The van der Waals surface area contributed by atoms with Crippen LogP contribution in [-0.2, 0) is 6.54 Å². The van der Waals surface area contributed by atoms with E-state index < -0.39 is 0 Å². The molecule has 1 aromatic heterocycles. The first kappa shape index (κ1) is 14.2. The molecule has 0 saturated heterocycles. The van der Waals surface area contributed by atoms with E-state index in [2.05, 4.69) is 23.6 Å². The fourth-order valence-electron chi connectivity index (χ4n) is 2.79. The summed E-state index contributed by atoms with van der Waals surface area (Å²) in [5.41, 5.74) is 4.50. The summed E-state index contributed by atoms with van der Waals surface area (Å²) in [5, 5.41) is 0.739. The van der Waals surface area contributed by atoms with Crippen molar-refractivity contribution in [1.82, 2.24) is 4.57 Å². The van der Waals surface area contributed by atoms with Gasteiger partial charge in [-0.2, -0.15) is 0 Å². The Morgan fingerprint density at radius 3 is 2.70 bits per heavy atom. The van der Waals surface area contributed by atoms with E-state index in [-0.39, 0.29) is 0 Å². The molecule has 0 atom stereocenters. The lowest BCUT2D eigenvalue weighted by atomic mass is 10.1. The second-order valence-electron chi connectivity index (χ2n) is 5.54. The fraction of sp³-hybridized carbons (Fsp3) is 0.158. The van der Waals surface area contributed by atoms with Crippen molar-refractivity contribution in [3.05, 3.63) is 70.9 Å². The van der Waals surface area contributed by atoms with Crippen LogP contribution >= 0.6 is 11.6 Å². The van der Waals surface area contributed by atoms with E-state index in [1.165, 1.54) is 0 Å². The van der Waals surface area contributed by atoms with Gasteiger partial charge in [0.05, 0.1) is 0 Å². The molecule has 115 valence electrons. The number of aryl methyl sites for hydroxylation is 1. The van der Waals surface area contributed by atoms with Gasteiger partial charge >= 0.3 is 0 Å². The second-order valence-corrected chi connectivity index (χ2v) is 5.98. The van der Waals surface area contributed by atoms with Crippen LogP contribution in [-0.4, -0.2) is 11.4 Å². The lowest BCUT2D eigenvalue weighted by Gasteiger charge is -2.12. The van der Waals surface area contributed by atoms with Crippen LogP contribution in [0.25, 0.3) is 11.3 Å². The van der Waals surface area contributed by atoms with Gasteiger partial charge in [0.2, 0.25) is 6.79 Å². The van der Waals surface area contributed by atoms with Crippen molar-refractivity contribution < 1.29 is 9.47 Å². The van der Waals surface area contributed by atoms with E-state index in [0.29, 0.717) is 6.79 Å². The molecule has 0 aliphatic carbocycles. The fourth-order valence-corrected chi connectivity index (χ4v) is 2.92. The second kappa shape index (κ2) is 5.67. The Labute approximate surface area is 140 Å². The van der Waals surface area contributed by atoms with Crippen LogP contribution < -0.4 is 9.47 Å². The van der Waals surface area contributed by atoms with Crippen molar-refractivity contribution in [1.29, 1.82) is 0 Å². The molecular formula is C19H15ClNO2. The Hall–Kier alpha value is -2.39. The standard InChI is InChI=1S/C19H15ClNO2/c1-13-2-8-17(15-4-6-16(20)7-5-15)21(13)11-14-3-9-18-19(10-14)23-12-22-18/h3-10H,11-12H2,1H3. The molecule has 2 aromatic carbocycles. The Balaban J connectivity index is 1.69. The molecule has 1 aliphatic heterocycles. The van der Waals surface area contributed by atoms with Crippen molar-refractivity contribution in [3.63, 3.8) is 0 Å². The van der Waals surface area contributed by atoms with Crippen LogP contribution in [0.3, 0.4) is 0 Å². The van der Waals surface area contributed by atoms with Gasteiger partial charge in [-0.05, 0) is 48.4 Å². The summed E-state index contributed by atoms with van der Waals surface area (Å²) in [4.78, 5) is 0. The number of nitrogens with zero attached hydrogens (tertiary/aromatic N) is 1. The topological polar surface area (TPSA) is 23.4 Å². The number of hydrogen-bond donors (Lipinski definition) is 0. The molecule has 1 radical (unpaired) electrons. The minimum Gasteiger partial charge on any atom is -0.454 e. The highest BCUT2D eigenvalue weighted by Gasteiger charge is 2.14. The molecule has 0 unspecified atom stereocenters. The van der Waals surface area contributed by atoms with E-state index >= 15 is 0 Å². The third-order valence-corrected chi connectivity index (χ3v) is 4.28. The molecule has 4 rings (SSSR count). The molecule has 0 spiro atoms. The highest BCUT2D eigenvalue weighted by atomic mass is 35.5. The molecule has 3 aromatic rings. The predicted molar refractivity (Wildman–Crippen MR) is 90.1 cm³/mol. The van der Waals surface area contributed by atoms with Gasteiger partial charge in [-0.1, -0.05) is 29.8 Å². The smallest absolute Gasteiger partial charge is 0.231 e. The SMILES string of the molecule is Cc1[c]cc(-c2ccc(Cl)cc2)n1Cc1ccc2c(c1)OCO2. The van der Waals surface area contributed by atoms with E-state index in [4.69, 9.17) is 21.1 Å². The Kier molecular flexibility index (Phi) is 3.50. The highest BCUT2D eigenvalue weighted by Crippen LogP contribution is 2.33. The number of ether oxygens (including phenoxy) is 2. The van der Waals surface area contributed by atoms with Gasteiger partial charge in [0.1, 0.15) is 0 Å². The predicted octanol–water partition coefficient (Wildman–Crippen LogP) is 4.69. The molecule has 0 amide bonds. The first-order valence-electron chi connectivity index (χ1n) is 7.43. The minimum atomic E-state index is 0.297. The van der Waals surface area contributed by atoms with Gasteiger partial charge in [0.15, 0.2) is 11.5 Å². The minimum absolute atomic E-state index is 0.297. The summed E-state index contributed by atoms with van der Waals surface area (Å²) < 4.78 is 13.1. The van der Waals surface area contributed by atoms with E-state index in [1.807, 2.05) is 42.5 Å². The van der Waals surface area contributed by atoms with Crippen LogP contribution in [0.2, 0.25) is 5.02 Å². The van der Waals surface area contributed by atoms with Crippen molar-refractivity contribution in [2.45, 2.75) is 13.5 Å². The third kappa shape index (κ3) is 2.68. The molecule has 3 nitrogen and oxygen atoms in total. The molecule has 23 heavy (non-hydrogen) atoms. The van der Waals surface area contributed by atoms with Crippen LogP contribution in [0, 0.1) is 13.0 Å². The maximum absolute atomic E-state index is 5.99. The average Bonchev–Trinajstić information content (AvgIpc) is 3.16. The summed E-state index contributed by atoms with van der Waals surface area (Å²) in [7, 11) is 0. The largest absolute Gasteiger partial charge is 0.454 e. The van der Waals surface area contributed by atoms with Gasteiger partial charge in [-0.15, -0.1) is 0 Å². The molecule has 2 heterocycles. The number of rotatable bonds is 3. The van der Waals surface area contributed by atoms with E-state index in [9.17, 15) is 0 Å². The van der Waals surface area contributed by atoms with E-state index in [0.717, 1.165) is 45.6 Å². The lowest BCUT2D eigenvalue weighted by Crippen LogP contribution is -2.03. The monoisotopic (exact) mass is 324 g/mol. The first-order chi connectivity index (χ1) is 11.2. The Bertz CT molecular complexity index is 852. The zero-order valence-electron chi connectivity index (χ0n) is 12.7. The molecule has 0 saturated carbocycles. The van der Waals surface area contributed by atoms with Gasteiger partial charge in [-0.25, -0.2) is 0 Å². The molecule has 0 fully saturated rings. The zero-order valence-corrected chi connectivity index (χ0v) is 13.4.